The summed E-state index contributed by atoms with van der Waals surface area (Å²) in [5, 5.41) is 2.24. The van der Waals surface area contributed by atoms with Gasteiger partial charge in [0.15, 0.2) is 10.7 Å². The molecular weight excluding hydrogens is 412 g/mol. The topological polar surface area (TPSA) is 16.8 Å². The number of aromatic nitrogens is 2. The lowest BCUT2D eigenvalue weighted by molar-refractivity contribution is -0.578. The van der Waals surface area contributed by atoms with Crippen molar-refractivity contribution < 1.29 is 21.5 Å². The summed E-state index contributed by atoms with van der Waals surface area (Å²) in [4.78, 5) is 7.28. The smallest absolute Gasteiger partial charge is 0.388 e. The molecule has 0 radical (unpaired) electrons. The zero-order valence-corrected chi connectivity index (χ0v) is 17.2. The maximum atomic E-state index is 4.76. The van der Waals surface area contributed by atoms with E-state index in [0.717, 1.165) is 10.8 Å². The fourth-order valence-electron chi connectivity index (χ4n) is 2.57. The molecule has 0 saturated heterocycles. The van der Waals surface area contributed by atoms with E-state index in [2.05, 4.69) is 85.3 Å². The summed E-state index contributed by atoms with van der Waals surface area (Å²) in [5.41, 5.74) is 3.56. The van der Waals surface area contributed by atoms with Crippen molar-refractivity contribution in [3.05, 3.63) is 77.4 Å². The highest BCUT2D eigenvalue weighted by molar-refractivity contribution is 7.18. The molecule has 0 fully saturated rings. The maximum absolute atomic E-state index is 4.76. The van der Waals surface area contributed by atoms with Crippen LogP contribution in [0.3, 0.4) is 0 Å². The SMILES string of the molecule is Cc1nc(-[n+]2cc(-c3ccccc3)sc2-c2ccccc2)sc1C.[Br-]. The molecule has 0 aliphatic heterocycles. The quantitative estimate of drug-likeness (QED) is 0.458. The Bertz CT molecular complexity index is 956. The molecule has 2 aromatic carbocycles. The van der Waals surface area contributed by atoms with Crippen molar-refractivity contribution in [1.82, 2.24) is 4.98 Å². The zero-order chi connectivity index (χ0) is 16.5. The fraction of sp³-hybridized carbons (Fsp3) is 0.100. The van der Waals surface area contributed by atoms with Crippen molar-refractivity contribution in [2.75, 3.05) is 0 Å². The van der Waals surface area contributed by atoms with Crippen molar-refractivity contribution in [1.29, 1.82) is 0 Å². The Kier molecular flexibility index (Phi) is 5.47. The molecule has 0 atom stereocenters. The number of nitrogens with zero attached hydrogens (tertiary/aromatic N) is 2. The third-order valence-corrected chi connectivity index (χ3v) is 6.23. The molecule has 0 amide bonds. The summed E-state index contributed by atoms with van der Waals surface area (Å²) in [6.07, 6.45) is 2.21. The van der Waals surface area contributed by atoms with E-state index in [4.69, 9.17) is 4.98 Å². The molecule has 25 heavy (non-hydrogen) atoms. The second-order valence-electron chi connectivity index (χ2n) is 5.64. The summed E-state index contributed by atoms with van der Waals surface area (Å²) >= 11 is 3.55. The van der Waals surface area contributed by atoms with Gasteiger partial charge in [0.05, 0.1) is 9.75 Å². The molecule has 4 aromatic rings. The molecule has 0 saturated carbocycles. The second kappa shape index (κ2) is 7.60. The lowest BCUT2D eigenvalue weighted by atomic mass is 10.2. The maximum Gasteiger partial charge on any atom is 0.388 e. The van der Waals surface area contributed by atoms with Crippen LogP contribution in [0.5, 0.6) is 0 Å². The number of hydrogen-bond donors (Lipinski definition) is 0. The predicted octanol–water partition coefficient (Wildman–Crippen LogP) is 2.44. The Morgan fingerprint density at radius 3 is 1.96 bits per heavy atom. The minimum atomic E-state index is 0. The molecule has 2 nitrogen and oxygen atoms in total. The van der Waals surface area contributed by atoms with Crippen LogP contribution < -0.4 is 21.5 Å². The standard InChI is InChI=1S/C20H17N2S2.BrH/c1-14-15(2)23-20(21-14)22-13-18(16-9-5-3-6-10-16)24-19(22)17-11-7-4-8-12-17;/h3-13H,1-2H3;1H/q+1;/p-1. The van der Waals surface area contributed by atoms with Gasteiger partial charge in [-0.3, -0.25) is 0 Å². The second-order valence-corrected chi connectivity index (χ2v) is 7.85. The van der Waals surface area contributed by atoms with Gasteiger partial charge in [0.2, 0.25) is 0 Å². The fourth-order valence-corrected chi connectivity index (χ4v) is 4.63. The number of rotatable bonds is 3. The molecule has 0 bridgehead atoms. The first-order chi connectivity index (χ1) is 11.7. The molecule has 0 aliphatic rings. The van der Waals surface area contributed by atoms with E-state index in [-0.39, 0.29) is 17.0 Å². The summed E-state index contributed by atoms with van der Waals surface area (Å²) in [5.74, 6) is 0. The van der Waals surface area contributed by atoms with Crippen molar-refractivity contribution in [2.45, 2.75) is 13.8 Å². The summed E-state index contributed by atoms with van der Waals surface area (Å²) < 4.78 is 2.23. The molecule has 126 valence electrons. The van der Waals surface area contributed by atoms with E-state index >= 15 is 0 Å². The Balaban J connectivity index is 0.00000182. The molecule has 2 heterocycles. The summed E-state index contributed by atoms with van der Waals surface area (Å²) in [6, 6.07) is 21.1. The highest BCUT2D eigenvalue weighted by Gasteiger charge is 2.23. The third kappa shape index (κ3) is 3.59. The first-order valence-corrected chi connectivity index (χ1v) is 9.46. The number of hydrogen-bond acceptors (Lipinski definition) is 3. The van der Waals surface area contributed by atoms with Crippen molar-refractivity contribution in [3.63, 3.8) is 0 Å². The van der Waals surface area contributed by atoms with Crippen LogP contribution in [0.4, 0.5) is 0 Å². The van der Waals surface area contributed by atoms with Gasteiger partial charge >= 0.3 is 5.13 Å². The minimum absolute atomic E-state index is 0. The van der Waals surface area contributed by atoms with E-state index in [9.17, 15) is 0 Å². The van der Waals surface area contributed by atoms with Crippen LogP contribution in [-0.4, -0.2) is 4.98 Å². The molecule has 4 rings (SSSR count). The number of aryl methyl sites for hydroxylation is 2. The van der Waals surface area contributed by atoms with Crippen molar-refractivity contribution >= 4 is 22.7 Å². The molecule has 0 N–H and O–H groups in total. The van der Waals surface area contributed by atoms with Gasteiger partial charge in [0.1, 0.15) is 6.20 Å². The molecule has 2 aromatic heterocycles. The Hall–Kier alpha value is -1.82. The van der Waals surface area contributed by atoms with Crippen LogP contribution in [0.2, 0.25) is 0 Å². The average Bonchev–Trinajstić information content (AvgIpc) is 3.21. The number of benzene rings is 2. The monoisotopic (exact) mass is 428 g/mol. The molecular formula is C20H17BrN2S2. The van der Waals surface area contributed by atoms with Crippen LogP contribution in [0.1, 0.15) is 10.6 Å². The first kappa shape index (κ1) is 18.0. The molecule has 5 heteroatoms. The Morgan fingerprint density at radius 1 is 0.800 bits per heavy atom. The normalized spacial score (nSPS) is 10.5. The van der Waals surface area contributed by atoms with E-state index in [1.54, 1.807) is 22.7 Å². The Morgan fingerprint density at radius 2 is 1.40 bits per heavy atom. The summed E-state index contributed by atoms with van der Waals surface area (Å²) in [6.45, 7) is 4.20. The number of thiazole rings is 2. The van der Waals surface area contributed by atoms with Crippen molar-refractivity contribution in [3.8, 4) is 26.1 Å². The molecule has 0 unspecified atom stereocenters. The highest BCUT2D eigenvalue weighted by atomic mass is 79.9. The predicted molar refractivity (Wildman–Crippen MR) is 102 cm³/mol. The van der Waals surface area contributed by atoms with Gasteiger partial charge in [-0.2, -0.15) is 4.57 Å². The van der Waals surface area contributed by atoms with Crippen LogP contribution in [0.25, 0.3) is 26.1 Å². The van der Waals surface area contributed by atoms with Gasteiger partial charge in [-0.25, -0.2) is 0 Å². The van der Waals surface area contributed by atoms with Gasteiger partial charge in [-0.05, 0) is 40.9 Å². The molecule has 0 spiro atoms. The lowest BCUT2D eigenvalue weighted by Crippen LogP contribution is -3.00. The van der Waals surface area contributed by atoms with Crippen LogP contribution in [0.15, 0.2) is 66.9 Å². The minimum Gasteiger partial charge on any atom is -1.00 e. The Labute approximate surface area is 166 Å². The van der Waals surface area contributed by atoms with E-state index < -0.39 is 0 Å². The van der Waals surface area contributed by atoms with Crippen LogP contribution >= 0.6 is 22.7 Å². The van der Waals surface area contributed by atoms with Gasteiger partial charge in [-0.15, -0.1) is 0 Å². The molecule has 0 aliphatic carbocycles. The summed E-state index contributed by atoms with van der Waals surface area (Å²) in [7, 11) is 0. The largest absolute Gasteiger partial charge is 1.00 e. The van der Waals surface area contributed by atoms with Gasteiger partial charge in [0.25, 0.3) is 0 Å². The van der Waals surface area contributed by atoms with Crippen LogP contribution in [0, 0.1) is 13.8 Å². The van der Waals surface area contributed by atoms with Gasteiger partial charge < -0.3 is 17.0 Å². The average molecular weight is 429 g/mol. The first-order valence-electron chi connectivity index (χ1n) is 7.83. The highest BCUT2D eigenvalue weighted by Crippen LogP contribution is 2.32. The van der Waals surface area contributed by atoms with E-state index in [1.165, 1.54) is 25.9 Å². The third-order valence-electron chi connectivity index (χ3n) is 3.97. The zero-order valence-electron chi connectivity index (χ0n) is 13.9. The van der Waals surface area contributed by atoms with Crippen molar-refractivity contribution in [2.24, 2.45) is 0 Å². The van der Waals surface area contributed by atoms with Gasteiger partial charge in [-0.1, -0.05) is 59.9 Å². The van der Waals surface area contributed by atoms with E-state index in [1.807, 2.05) is 0 Å². The number of halogens is 1. The van der Waals surface area contributed by atoms with Crippen LogP contribution in [-0.2, 0) is 0 Å². The lowest BCUT2D eigenvalue weighted by Gasteiger charge is -1.96. The van der Waals surface area contributed by atoms with E-state index in [0.29, 0.717) is 0 Å². The van der Waals surface area contributed by atoms with Gasteiger partial charge in [0, 0.05) is 12.5 Å².